The Morgan fingerprint density at radius 1 is 1.41 bits per heavy atom. The van der Waals surface area contributed by atoms with Gasteiger partial charge in [0.1, 0.15) is 5.82 Å². The highest BCUT2D eigenvalue weighted by Crippen LogP contribution is 2.29. The summed E-state index contributed by atoms with van der Waals surface area (Å²) < 4.78 is 1.11. The molecule has 0 aromatic carbocycles. The standard InChI is InChI=1S/C12H14BrN3S/c1-8(7-14)6-12-15-5-4-9(16-12)10-2-3-11(13)17-10/h2-5,8H,6-7,14H2,1H3. The highest BCUT2D eigenvalue weighted by molar-refractivity contribution is 9.11. The molecule has 0 spiro atoms. The predicted molar refractivity (Wildman–Crippen MR) is 75.0 cm³/mol. The molecule has 0 aliphatic carbocycles. The Hall–Kier alpha value is -0.780. The zero-order valence-corrected chi connectivity index (χ0v) is 12.0. The molecule has 17 heavy (non-hydrogen) atoms. The summed E-state index contributed by atoms with van der Waals surface area (Å²) in [6.07, 6.45) is 2.64. The topological polar surface area (TPSA) is 51.8 Å². The maximum atomic E-state index is 5.61. The van der Waals surface area contributed by atoms with E-state index in [4.69, 9.17) is 5.73 Å². The molecular formula is C12H14BrN3S. The number of hydrogen-bond acceptors (Lipinski definition) is 4. The Bertz CT molecular complexity index is 498. The fourth-order valence-electron chi connectivity index (χ4n) is 1.48. The molecule has 0 radical (unpaired) electrons. The van der Waals surface area contributed by atoms with Crippen LogP contribution in [0.2, 0.25) is 0 Å². The summed E-state index contributed by atoms with van der Waals surface area (Å²) in [6.45, 7) is 2.77. The number of halogens is 1. The van der Waals surface area contributed by atoms with Gasteiger partial charge in [0, 0.05) is 12.6 Å². The normalized spacial score (nSPS) is 12.6. The van der Waals surface area contributed by atoms with Gasteiger partial charge < -0.3 is 5.73 Å². The van der Waals surface area contributed by atoms with Crippen molar-refractivity contribution in [2.45, 2.75) is 13.3 Å². The van der Waals surface area contributed by atoms with E-state index in [-0.39, 0.29) is 0 Å². The van der Waals surface area contributed by atoms with Gasteiger partial charge in [-0.2, -0.15) is 0 Å². The number of rotatable bonds is 4. The third-order valence-corrected chi connectivity index (χ3v) is 4.11. The van der Waals surface area contributed by atoms with E-state index in [0.717, 1.165) is 26.6 Å². The fraction of sp³-hybridized carbons (Fsp3) is 0.333. The van der Waals surface area contributed by atoms with Gasteiger partial charge >= 0.3 is 0 Å². The lowest BCUT2D eigenvalue weighted by Gasteiger charge is -2.07. The van der Waals surface area contributed by atoms with Crippen molar-refractivity contribution in [1.29, 1.82) is 0 Å². The summed E-state index contributed by atoms with van der Waals surface area (Å²) in [5.41, 5.74) is 6.59. The molecule has 1 unspecified atom stereocenters. The molecule has 0 aliphatic rings. The quantitative estimate of drug-likeness (QED) is 0.944. The van der Waals surface area contributed by atoms with E-state index in [0.29, 0.717) is 12.5 Å². The minimum Gasteiger partial charge on any atom is -0.330 e. The highest BCUT2D eigenvalue weighted by Gasteiger charge is 2.07. The molecule has 2 heterocycles. The average molecular weight is 312 g/mol. The van der Waals surface area contributed by atoms with Crippen molar-refractivity contribution >= 4 is 27.3 Å². The molecule has 2 aromatic heterocycles. The predicted octanol–water partition coefficient (Wildman–Crippen LogP) is 3.10. The largest absolute Gasteiger partial charge is 0.330 e. The van der Waals surface area contributed by atoms with Crippen molar-refractivity contribution in [2.75, 3.05) is 6.54 Å². The Kier molecular flexibility index (Phi) is 4.25. The van der Waals surface area contributed by atoms with Crippen LogP contribution in [-0.4, -0.2) is 16.5 Å². The van der Waals surface area contributed by atoms with Gasteiger partial charge in [0.05, 0.1) is 14.4 Å². The van der Waals surface area contributed by atoms with E-state index in [1.54, 1.807) is 11.3 Å². The zero-order valence-electron chi connectivity index (χ0n) is 9.56. The van der Waals surface area contributed by atoms with Gasteiger partial charge in [-0.15, -0.1) is 11.3 Å². The third kappa shape index (κ3) is 3.34. The molecule has 2 rings (SSSR count). The van der Waals surface area contributed by atoms with Crippen molar-refractivity contribution in [3.63, 3.8) is 0 Å². The second-order valence-corrected chi connectivity index (χ2v) is 6.47. The van der Waals surface area contributed by atoms with E-state index in [2.05, 4.69) is 38.9 Å². The van der Waals surface area contributed by atoms with Crippen LogP contribution in [0.3, 0.4) is 0 Å². The lowest BCUT2D eigenvalue weighted by molar-refractivity contribution is 0.574. The van der Waals surface area contributed by atoms with Gasteiger partial charge in [0.15, 0.2) is 0 Å². The van der Waals surface area contributed by atoms with Crippen LogP contribution in [0.1, 0.15) is 12.7 Å². The summed E-state index contributed by atoms with van der Waals surface area (Å²) in [6, 6.07) is 6.03. The Morgan fingerprint density at radius 2 is 2.24 bits per heavy atom. The molecule has 0 amide bonds. The lowest BCUT2D eigenvalue weighted by atomic mass is 10.1. The minimum absolute atomic E-state index is 0.417. The fourth-order valence-corrected chi connectivity index (χ4v) is 2.84. The van der Waals surface area contributed by atoms with Crippen molar-refractivity contribution in [3.05, 3.63) is 34.0 Å². The summed E-state index contributed by atoms with van der Waals surface area (Å²) in [5, 5.41) is 0. The molecule has 0 saturated heterocycles. The van der Waals surface area contributed by atoms with E-state index < -0.39 is 0 Å². The summed E-state index contributed by atoms with van der Waals surface area (Å²) in [7, 11) is 0. The van der Waals surface area contributed by atoms with Crippen molar-refractivity contribution in [2.24, 2.45) is 11.7 Å². The highest BCUT2D eigenvalue weighted by atomic mass is 79.9. The van der Waals surface area contributed by atoms with Crippen molar-refractivity contribution in [3.8, 4) is 10.6 Å². The van der Waals surface area contributed by atoms with E-state index >= 15 is 0 Å². The molecule has 2 aromatic rings. The second kappa shape index (κ2) is 5.71. The summed E-state index contributed by atoms with van der Waals surface area (Å²) in [4.78, 5) is 10.0. The number of hydrogen-bond donors (Lipinski definition) is 1. The van der Waals surface area contributed by atoms with Crippen LogP contribution in [0.4, 0.5) is 0 Å². The molecule has 1 atom stereocenters. The first kappa shape index (κ1) is 12.7. The Morgan fingerprint density at radius 3 is 2.88 bits per heavy atom. The van der Waals surface area contributed by atoms with Crippen LogP contribution in [0.25, 0.3) is 10.6 Å². The first-order valence-corrected chi connectivity index (χ1v) is 7.07. The molecule has 90 valence electrons. The van der Waals surface area contributed by atoms with Crippen LogP contribution in [0, 0.1) is 5.92 Å². The zero-order chi connectivity index (χ0) is 12.3. The summed E-state index contributed by atoms with van der Waals surface area (Å²) >= 11 is 5.13. The van der Waals surface area contributed by atoms with Gasteiger partial charge in [-0.1, -0.05) is 6.92 Å². The van der Waals surface area contributed by atoms with Crippen molar-refractivity contribution < 1.29 is 0 Å². The first-order chi connectivity index (χ1) is 8.19. The molecule has 2 N–H and O–H groups in total. The monoisotopic (exact) mass is 311 g/mol. The second-order valence-electron chi connectivity index (χ2n) is 4.01. The summed E-state index contributed by atoms with van der Waals surface area (Å²) in [5.74, 6) is 1.28. The van der Waals surface area contributed by atoms with Crippen LogP contribution in [0.15, 0.2) is 28.2 Å². The van der Waals surface area contributed by atoms with Gasteiger partial charge in [-0.25, -0.2) is 9.97 Å². The van der Waals surface area contributed by atoms with Gasteiger partial charge in [0.25, 0.3) is 0 Å². The SMILES string of the molecule is CC(CN)Cc1nccc(-c2ccc(Br)s2)n1. The van der Waals surface area contributed by atoms with Crippen molar-refractivity contribution in [1.82, 2.24) is 9.97 Å². The number of thiophene rings is 1. The van der Waals surface area contributed by atoms with Crippen LogP contribution in [-0.2, 0) is 6.42 Å². The third-order valence-electron chi connectivity index (χ3n) is 2.46. The maximum Gasteiger partial charge on any atom is 0.129 e. The smallest absolute Gasteiger partial charge is 0.129 e. The number of nitrogens with zero attached hydrogens (tertiary/aromatic N) is 2. The van der Waals surface area contributed by atoms with E-state index in [1.807, 2.05) is 18.3 Å². The molecule has 0 bridgehead atoms. The van der Waals surface area contributed by atoms with Gasteiger partial charge in [0.2, 0.25) is 0 Å². The minimum atomic E-state index is 0.417. The molecule has 0 aliphatic heterocycles. The van der Waals surface area contributed by atoms with Crippen LogP contribution in [0.5, 0.6) is 0 Å². The van der Waals surface area contributed by atoms with Gasteiger partial charge in [-0.3, -0.25) is 0 Å². The van der Waals surface area contributed by atoms with Crippen LogP contribution < -0.4 is 5.73 Å². The maximum absolute atomic E-state index is 5.61. The Labute approximate surface area is 113 Å². The van der Waals surface area contributed by atoms with E-state index in [1.165, 1.54) is 0 Å². The van der Waals surface area contributed by atoms with E-state index in [9.17, 15) is 0 Å². The molecular weight excluding hydrogens is 298 g/mol. The average Bonchev–Trinajstić information content (AvgIpc) is 2.76. The molecule has 0 saturated carbocycles. The lowest BCUT2D eigenvalue weighted by Crippen LogP contribution is -2.14. The van der Waals surface area contributed by atoms with Crippen LogP contribution >= 0.6 is 27.3 Å². The van der Waals surface area contributed by atoms with Gasteiger partial charge in [-0.05, 0) is 46.6 Å². The number of nitrogens with two attached hydrogens (primary N) is 1. The Balaban J connectivity index is 2.22. The molecule has 0 fully saturated rings. The first-order valence-electron chi connectivity index (χ1n) is 5.46. The molecule has 5 heteroatoms. The molecule has 3 nitrogen and oxygen atoms in total. The number of aromatic nitrogens is 2.